The number of nitrogens with zero attached hydrogens (tertiary/aromatic N) is 2. The second kappa shape index (κ2) is 6.42. The highest BCUT2D eigenvalue weighted by molar-refractivity contribution is 5.84. The first kappa shape index (κ1) is 17.1. The molecule has 136 valence electrons. The van der Waals surface area contributed by atoms with Gasteiger partial charge in [0.25, 0.3) is 0 Å². The van der Waals surface area contributed by atoms with Gasteiger partial charge in [0.05, 0.1) is 11.6 Å². The zero-order valence-electron chi connectivity index (χ0n) is 15.7. The molecule has 0 saturated carbocycles. The molecule has 0 radical (unpaired) electrons. The van der Waals surface area contributed by atoms with E-state index in [1.807, 2.05) is 37.9 Å². The molecule has 1 aromatic heterocycles. The summed E-state index contributed by atoms with van der Waals surface area (Å²) in [6.45, 7) is 5.78. The van der Waals surface area contributed by atoms with Crippen molar-refractivity contribution in [3.05, 3.63) is 48.2 Å². The van der Waals surface area contributed by atoms with Gasteiger partial charge in [-0.15, -0.1) is 0 Å². The molecule has 2 aliphatic rings. The molecule has 1 fully saturated rings. The maximum Gasteiger partial charge on any atom is 0.411 e. The molecular weight excluding hydrogens is 324 g/mol. The van der Waals surface area contributed by atoms with E-state index in [-0.39, 0.29) is 18.2 Å². The third kappa shape index (κ3) is 3.33. The van der Waals surface area contributed by atoms with Crippen LogP contribution in [-0.4, -0.2) is 33.7 Å². The molecule has 2 atom stereocenters. The predicted octanol–water partition coefficient (Wildman–Crippen LogP) is 5.18. The number of ether oxygens (including phenoxy) is 1. The zero-order chi connectivity index (χ0) is 18.3. The van der Waals surface area contributed by atoms with Crippen LogP contribution in [-0.2, 0) is 4.74 Å². The number of pyridine rings is 1. The van der Waals surface area contributed by atoms with Crippen LogP contribution in [0.4, 0.5) is 4.79 Å². The SMILES string of the molecule is CC(C)(C)OC(=O)N1C2C=C(c3ccc4ncccc4c3)CC1CCC2. The van der Waals surface area contributed by atoms with Crippen LogP contribution in [0.3, 0.4) is 0 Å². The minimum atomic E-state index is -0.458. The molecule has 2 aliphatic heterocycles. The fourth-order valence-electron chi connectivity index (χ4n) is 4.12. The molecule has 4 heteroatoms. The number of aromatic nitrogens is 1. The summed E-state index contributed by atoms with van der Waals surface area (Å²) in [7, 11) is 0. The van der Waals surface area contributed by atoms with E-state index >= 15 is 0 Å². The average Bonchev–Trinajstić information content (AvgIpc) is 2.58. The second-order valence-electron chi connectivity index (χ2n) is 8.35. The van der Waals surface area contributed by atoms with Crippen molar-refractivity contribution < 1.29 is 9.53 Å². The Morgan fingerprint density at radius 3 is 2.85 bits per heavy atom. The molecule has 3 heterocycles. The molecule has 0 N–H and O–H groups in total. The van der Waals surface area contributed by atoms with Crippen molar-refractivity contribution in [2.45, 2.75) is 64.1 Å². The lowest BCUT2D eigenvalue weighted by Crippen LogP contribution is -2.53. The quantitative estimate of drug-likeness (QED) is 0.711. The molecule has 2 aromatic rings. The maximum atomic E-state index is 12.7. The van der Waals surface area contributed by atoms with Gasteiger partial charge in [0.15, 0.2) is 0 Å². The normalized spacial score (nSPS) is 22.9. The first-order valence-corrected chi connectivity index (χ1v) is 9.48. The molecule has 4 nitrogen and oxygen atoms in total. The van der Waals surface area contributed by atoms with E-state index < -0.39 is 5.60 Å². The van der Waals surface area contributed by atoms with Gasteiger partial charge in [-0.2, -0.15) is 0 Å². The summed E-state index contributed by atoms with van der Waals surface area (Å²) >= 11 is 0. The van der Waals surface area contributed by atoms with Gasteiger partial charge < -0.3 is 4.74 Å². The zero-order valence-corrected chi connectivity index (χ0v) is 15.7. The molecule has 1 amide bonds. The summed E-state index contributed by atoms with van der Waals surface area (Å²) in [4.78, 5) is 19.1. The minimum Gasteiger partial charge on any atom is -0.444 e. The van der Waals surface area contributed by atoms with Crippen LogP contribution < -0.4 is 0 Å². The fraction of sp³-hybridized carbons (Fsp3) is 0.455. The van der Waals surface area contributed by atoms with Crippen LogP contribution in [0.2, 0.25) is 0 Å². The van der Waals surface area contributed by atoms with Crippen LogP contribution in [0.15, 0.2) is 42.6 Å². The molecule has 1 saturated heterocycles. The van der Waals surface area contributed by atoms with E-state index in [4.69, 9.17) is 4.74 Å². The van der Waals surface area contributed by atoms with Crippen LogP contribution in [0.5, 0.6) is 0 Å². The van der Waals surface area contributed by atoms with Crippen molar-refractivity contribution in [1.29, 1.82) is 0 Å². The van der Waals surface area contributed by atoms with Gasteiger partial charge in [0.1, 0.15) is 5.60 Å². The third-order valence-electron chi connectivity index (χ3n) is 5.22. The molecule has 4 rings (SSSR count). The van der Waals surface area contributed by atoms with Crippen molar-refractivity contribution >= 4 is 22.6 Å². The van der Waals surface area contributed by atoms with E-state index in [1.165, 1.54) is 17.6 Å². The number of carbonyl (C=O) groups is 1. The number of fused-ring (bicyclic) bond motifs is 3. The summed E-state index contributed by atoms with van der Waals surface area (Å²) < 4.78 is 5.66. The number of rotatable bonds is 1. The fourth-order valence-corrected chi connectivity index (χ4v) is 4.12. The van der Waals surface area contributed by atoms with E-state index in [0.29, 0.717) is 0 Å². The molecule has 2 unspecified atom stereocenters. The van der Waals surface area contributed by atoms with E-state index in [1.54, 1.807) is 0 Å². The lowest BCUT2D eigenvalue weighted by molar-refractivity contribution is 0.0000860. The van der Waals surface area contributed by atoms with Crippen molar-refractivity contribution in [2.75, 3.05) is 0 Å². The highest BCUT2D eigenvalue weighted by atomic mass is 16.6. The van der Waals surface area contributed by atoms with Crippen molar-refractivity contribution in [3.63, 3.8) is 0 Å². The number of hydrogen-bond acceptors (Lipinski definition) is 3. The molecule has 26 heavy (non-hydrogen) atoms. The molecule has 0 spiro atoms. The number of amides is 1. The topological polar surface area (TPSA) is 42.4 Å². The number of carbonyl (C=O) groups excluding carboxylic acids is 1. The first-order valence-electron chi connectivity index (χ1n) is 9.48. The largest absolute Gasteiger partial charge is 0.444 e. The average molecular weight is 350 g/mol. The van der Waals surface area contributed by atoms with Gasteiger partial charge in [-0.25, -0.2) is 4.79 Å². The van der Waals surface area contributed by atoms with E-state index in [9.17, 15) is 4.79 Å². The van der Waals surface area contributed by atoms with Crippen LogP contribution >= 0.6 is 0 Å². The van der Waals surface area contributed by atoms with Gasteiger partial charge in [-0.3, -0.25) is 9.88 Å². The molecule has 1 aromatic carbocycles. The Labute approximate surface area is 154 Å². The molecule has 0 aliphatic carbocycles. The Balaban J connectivity index is 1.64. The Morgan fingerprint density at radius 1 is 1.23 bits per heavy atom. The van der Waals surface area contributed by atoms with Gasteiger partial charge in [0, 0.05) is 17.6 Å². The molecular formula is C22H26N2O2. The summed E-state index contributed by atoms with van der Waals surface area (Å²) in [5.41, 5.74) is 3.14. The standard InChI is InChI=1S/C22H26N2O2/c1-22(2,3)26-21(25)24-18-7-4-8-19(24)14-17(13-18)15-9-10-20-16(12-15)6-5-11-23-20/h5-6,9-13,18-19H,4,7-8,14H2,1-3H3. The molecule has 2 bridgehead atoms. The van der Waals surface area contributed by atoms with Gasteiger partial charge in [-0.1, -0.05) is 18.2 Å². The smallest absolute Gasteiger partial charge is 0.411 e. The Kier molecular flexibility index (Phi) is 4.22. The lowest BCUT2D eigenvalue weighted by Gasteiger charge is -2.45. The van der Waals surface area contributed by atoms with Crippen LogP contribution in [0.1, 0.15) is 52.0 Å². The van der Waals surface area contributed by atoms with E-state index in [2.05, 4.69) is 35.3 Å². The van der Waals surface area contributed by atoms with Gasteiger partial charge in [-0.05, 0) is 75.8 Å². The Morgan fingerprint density at radius 2 is 2.08 bits per heavy atom. The van der Waals surface area contributed by atoms with Crippen molar-refractivity contribution in [3.8, 4) is 0 Å². The first-order chi connectivity index (χ1) is 12.4. The lowest BCUT2D eigenvalue weighted by atomic mass is 9.83. The third-order valence-corrected chi connectivity index (χ3v) is 5.22. The van der Waals surface area contributed by atoms with E-state index in [0.717, 1.165) is 30.2 Å². The Hall–Kier alpha value is -2.36. The van der Waals surface area contributed by atoms with Crippen molar-refractivity contribution in [1.82, 2.24) is 9.88 Å². The number of hydrogen-bond donors (Lipinski definition) is 0. The monoisotopic (exact) mass is 350 g/mol. The second-order valence-corrected chi connectivity index (χ2v) is 8.35. The van der Waals surface area contributed by atoms with Crippen molar-refractivity contribution in [2.24, 2.45) is 0 Å². The number of piperidine rings is 1. The summed E-state index contributed by atoms with van der Waals surface area (Å²) in [5, 5.41) is 1.16. The summed E-state index contributed by atoms with van der Waals surface area (Å²) in [6, 6.07) is 10.9. The van der Waals surface area contributed by atoms with Crippen LogP contribution in [0.25, 0.3) is 16.5 Å². The van der Waals surface area contributed by atoms with Gasteiger partial charge in [0.2, 0.25) is 0 Å². The predicted molar refractivity (Wildman–Crippen MR) is 104 cm³/mol. The van der Waals surface area contributed by atoms with Crippen LogP contribution in [0, 0.1) is 0 Å². The maximum absolute atomic E-state index is 12.7. The highest BCUT2D eigenvalue weighted by Gasteiger charge is 2.39. The summed E-state index contributed by atoms with van der Waals surface area (Å²) in [6.07, 6.45) is 8.03. The highest BCUT2D eigenvalue weighted by Crippen LogP contribution is 2.38. The number of benzene rings is 1. The Bertz CT molecular complexity index is 866. The van der Waals surface area contributed by atoms with Gasteiger partial charge >= 0.3 is 6.09 Å². The minimum absolute atomic E-state index is 0.136. The summed E-state index contributed by atoms with van der Waals surface area (Å²) in [5.74, 6) is 0.